The molecule has 1 aliphatic rings. The molecule has 1 aliphatic carbocycles. The van der Waals surface area contributed by atoms with Crippen molar-refractivity contribution in [3.63, 3.8) is 0 Å². The lowest BCUT2D eigenvalue weighted by Crippen LogP contribution is -2.34. The van der Waals surface area contributed by atoms with Gasteiger partial charge in [-0.15, -0.1) is 0 Å². The van der Waals surface area contributed by atoms with Crippen molar-refractivity contribution in [3.8, 4) is 0 Å². The minimum absolute atomic E-state index is 0.0208. The number of carbonyl (C=O) groups is 1. The Morgan fingerprint density at radius 3 is 2.69 bits per heavy atom. The molecule has 1 unspecified atom stereocenters. The van der Waals surface area contributed by atoms with E-state index in [1.54, 1.807) is 6.92 Å². The predicted octanol–water partition coefficient (Wildman–Crippen LogP) is 0.583. The maximum atomic E-state index is 11.2. The van der Waals surface area contributed by atoms with Gasteiger partial charge in [0.25, 0.3) is 0 Å². The summed E-state index contributed by atoms with van der Waals surface area (Å²) in [5.74, 6) is -0.0208. The minimum Gasteiger partial charge on any atom is -0.396 e. The summed E-state index contributed by atoms with van der Waals surface area (Å²) in [6.45, 7) is 2.66. The third-order valence-electron chi connectivity index (χ3n) is 2.62. The molecule has 0 radical (unpaired) electrons. The summed E-state index contributed by atoms with van der Waals surface area (Å²) in [4.78, 5) is 11.2. The van der Waals surface area contributed by atoms with E-state index in [0.717, 1.165) is 19.3 Å². The van der Waals surface area contributed by atoms with E-state index in [2.05, 4.69) is 17.9 Å². The molecule has 0 aromatic rings. The highest BCUT2D eigenvalue weighted by molar-refractivity contribution is 7.81. The molecule has 2 N–H and O–H groups in total. The molecular weight excluding hydrogens is 186 g/mol. The minimum atomic E-state index is -0.245. The smallest absolute Gasteiger partial charge is 0.232 e. The molecular formula is C9H17NO2S. The van der Waals surface area contributed by atoms with Crippen molar-refractivity contribution in [2.45, 2.75) is 31.4 Å². The molecule has 1 amide bonds. The van der Waals surface area contributed by atoms with E-state index in [1.807, 2.05) is 0 Å². The summed E-state index contributed by atoms with van der Waals surface area (Å²) in [7, 11) is 0. The second kappa shape index (κ2) is 4.33. The van der Waals surface area contributed by atoms with Crippen LogP contribution in [0.5, 0.6) is 0 Å². The maximum absolute atomic E-state index is 11.2. The first-order valence-electron chi connectivity index (χ1n) is 4.66. The average Bonchev–Trinajstić information content (AvgIpc) is 2.82. The fourth-order valence-corrected chi connectivity index (χ4v) is 1.44. The SMILES string of the molecule is CC(S)C(=O)NCC1(CCO)CC1. The Morgan fingerprint density at radius 2 is 2.31 bits per heavy atom. The maximum Gasteiger partial charge on any atom is 0.232 e. The van der Waals surface area contributed by atoms with Crippen LogP contribution in [0.2, 0.25) is 0 Å². The Labute approximate surface area is 84.3 Å². The van der Waals surface area contributed by atoms with Crippen LogP contribution in [0.25, 0.3) is 0 Å². The largest absolute Gasteiger partial charge is 0.396 e. The van der Waals surface area contributed by atoms with Gasteiger partial charge in [-0.05, 0) is 31.6 Å². The molecule has 0 bridgehead atoms. The highest BCUT2D eigenvalue weighted by Gasteiger charge is 2.41. The van der Waals surface area contributed by atoms with Gasteiger partial charge in [0.1, 0.15) is 0 Å². The number of hydrogen-bond acceptors (Lipinski definition) is 3. The first-order valence-corrected chi connectivity index (χ1v) is 5.18. The molecule has 76 valence electrons. The van der Waals surface area contributed by atoms with Crippen LogP contribution >= 0.6 is 12.6 Å². The van der Waals surface area contributed by atoms with Crippen LogP contribution in [-0.4, -0.2) is 29.4 Å². The molecule has 13 heavy (non-hydrogen) atoms. The number of aliphatic hydroxyl groups excluding tert-OH is 1. The molecule has 0 heterocycles. The fraction of sp³-hybridized carbons (Fsp3) is 0.889. The van der Waals surface area contributed by atoms with Gasteiger partial charge in [-0.2, -0.15) is 12.6 Å². The van der Waals surface area contributed by atoms with Crippen LogP contribution in [0.15, 0.2) is 0 Å². The van der Waals surface area contributed by atoms with Crippen molar-refractivity contribution in [3.05, 3.63) is 0 Å². The summed E-state index contributed by atoms with van der Waals surface area (Å²) in [5, 5.41) is 11.4. The molecule has 0 aromatic carbocycles. The van der Waals surface area contributed by atoms with Gasteiger partial charge in [0.05, 0.1) is 5.25 Å². The number of aliphatic hydroxyl groups is 1. The molecule has 0 spiro atoms. The Morgan fingerprint density at radius 1 is 1.69 bits per heavy atom. The van der Waals surface area contributed by atoms with Gasteiger partial charge in [-0.1, -0.05) is 0 Å². The second-order valence-corrected chi connectivity index (χ2v) is 4.64. The quantitative estimate of drug-likeness (QED) is 0.573. The highest BCUT2D eigenvalue weighted by atomic mass is 32.1. The second-order valence-electron chi connectivity index (χ2n) is 3.87. The van der Waals surface area contributed by atoms with Crippen molar-refractivity contribution in [2.75, 3.05) is 13.2 Å². The van der Waals surface area contributed by atoms with Gasteiger partial charge in [0.2, 0.25) is 5.91 Å². The summed E-state index contributed by atoms with van der Waals surface area (Å²) < 4.78 is 0. The van der Waals surface area contributed by atoms with Crippen molar-refractivity contribution < 1.29 is 9.90 Å². The Hall–Kier alpha value is -0.220. The topological polar surface area (TPSA) is 49.3 Å². The lowest BCUT2D eigenvalue weighted by Gasteiger charge is -2.15. The molecule has 0 aliphatic heterocycles. The van der Waals surface area contributed by atoms with Crippen molar-refractivity contribution >= 4 is 18.5 Å². The zero-order valence-electron chi connectivity index (χ0n) is 7.92. The lowest BCUT2D eigenvalue weighted by atomic mass is 10.0. The van der Waals surface area contributed by atoms with Crippen LogP contribution < -0.4 is 5.32 Å². The van der Waals surface area contributed by atoms with E-state index in [-0.39, 0.29) is 23.2 Å². The van der Waals surface area contributed by atoms with Crippen LogP contribution in [0.3, 0.4) is 0 Å². The summed E-state index contributed by atoms with van der Waals surface area (Å²) in [5.41, 5.74) is 0.201. The van der Waals surface area contributed by atoms with E-state index in [1.165, 1.54) is 0 Å². The summed E-state index contributed by atoms with van der Waals surface area (Å²) in [6.07, 6.45) is 3.04. The zero-order valence-corrected chi connectivity index (χ0v) is 8.81. The molecule has 0 saturated heterocycles. The van der Waals surface area contributed by atoms with Gasteiger partial charge in [-0.3, -0.25) is 4.79 Å². The highest BCUT2D eigenvalue weighted by Crippen LogP contribution is 2.47. The molecule has 1 fully saturated rings. The van der Waals surface area contributed by atoms with E-state index in [0.29, 0.717) is 6.54 Å². The van der Waals surface area contributed by atoms with Crippen LogP contribution in [-0.2, 0) is 4.79 Å². The number of nitrogens with one attached hydrogen (secondary N) is 1. The summed E-state index contributed by atoms with van der Waals surface area (Å²) in [6, 6.07) is 0. The Kier molecular flexibility index (Phi) is 3.62. The summed E-state index contributed by atoms with van der Waals surface area (Å²) >= 11 is 4.03. The van der Waals surface area contributed by atoms with Gasteiger partial charge < -0.3 is 10.4 Å². The van der Waals surface area contributed by atoms with E-state index < -0.39 is 0 Å². The molecule has 1 atom stereocenters. The first kappa shape index (κ1) is 10.9. The number of thiol groups is 1. The normalized spacial score (nSPS) is 20.8. The lowest BCUT2D eigenvalue weighted by molar-refractivity contribution is -0.120. The molecule has 1 saturated carbocycles. The van der Waals surface area contributed by atoms with Crippen molar-refractivity contribution in [1.82, 2.24) is 5.32 Å². The van der Waals surface area contributed by atoms with Crippen LogP contribution in [0.1, 0.15) is 26.2 Å². The number of hydrogen-bond donors (Lipinski definition) is 3. The zero-order chi connectivity index (χ0) is 9.90. The fourth-order valence-electron chi connectivity index (χ4n) is 1.35. The average molecular weight is 203 g/mol. The number of amides is 1. The van der Waals surface area contributed by atoms with E-state index in [9.17, 15) is 4.79 Å². The van der Waals surface area contributed by atoms with Gasteiger partial charge >= 0.3 is 0 Å². The van der Waals surface area contributed by atoms with Gasteiger partial charge in [-0.25, -0.2) is 0 Å². The van der Waals surface area contributed by atoms with E-state index in [4.69, 9.17) is 5.11 Å². The number of rotatable bonds is 5. The van der Waals surface area contributed by atoms with Crippen LogP contribution in [0, 0.1) is 5.41 Å². The Balaban J connectivity index is 2.22. The first-order chi connectivity index (χ1) is 6.09. The third-order valence-corrected chi connectivity index (χ3v) is 2.85. The standard InChI is InChI=1S/C9H17NO2S/c1-7(13)8(12)10-6-9(2-3-9)4-5-11/h7,11,13H,2-6H2,1H3,(H,10,12). The third kappa shape index (κ3) is 3.19. The van der Waals surface area contributed by atoms with Crippen molar-refractivity contribution in [1.29, 1.82) is 0 Å². The molecule has 4 heteroatoms. The monoisotopic (exact) mass is 203 g/mol. The molecule has 0 aromatic heterocycles. The van der Waals surface area contributed by atoms with Gasteiger partial charge in [0, 0.05) is 13.2 Å². The molecule has 3 nitrogen and oxygen atoms in total. The number of carbonyl (C=O) groups excluding carboxylic acids is 1. The Bertz CT molecular complexity index is 190. The van der Waals surface area contributed by atoms with Gasteiger partial charge in [0.15, 0.2) is 0 Å². The predicted molar refractivity (Wildman–Crippen MR) is 54.8 cm³/mol. The molecule has 1 rings (SSSR count). The van der Waals surface area contributed by atoms with E-state index >= 15 is 0 Å². The van der Waals surface area contributed by atoms with Crippen LogP contribution in [0.4, 0.5) is 0 Å². The van der Waals surface area contributed by atoms with Crippen molar-refractivity contribution in [2.24, 2.45) is 5.41 Å².